The maximum absolute atomic E-state index is 12.2. The first-order chi connectivity index (χ1) is 9.66. The summed E-state index contributed by atoms with van der Waals surface area (Å²) in [7, 11) is 0. The van der Waals surface area contributed by atoms with Gasteiger partial charge in [0.1, 0.15) is 12.4 Å². The van der Waals surface area contributed by atoms with Crippen molar-refractivity contribution in [2.45, 2.75) is 38.6 Å². The summed E-state index contributed by atoms with van der Waals surface area (Å²) in [5.74, 6) is 0.953. The fourth-order valence-electron chi connectivity index (χ4n) is 2.67. The van der Waals surface area contributed by atoms with Crippen molar-refractivity contribution in [1.29, 1.82) is 0 Å². The van der Waals surface area contributed by atoms with E-state index in [1.54, 1.807) is 0 Å². The van der Waals surface area contributed by atoms with E-state index in [1.165, 1.54) is 5.56 Å². The average Bonchev–Trinajstić information content (AvgIpc) is 2.93. The maximum Gasteiger partial charge on any atom is 0.240 e. The van der Waals surface area contributed by atoms with E-state index < -0.39 is 0 Å². The van der Waals surface area contributed by atoms with Crippen LogP contribution in [0.4, 0.5) is 0 Å². The lowest BCUT2D eigenvalue weighted by atomic mass is 9.93. The van der Waals surface area contributed by atoms with Gasteiger partial charge in [-0.05, 0) is 50.4 Å². The summed E-state index contributed by atoms with van der Waals surface area (Å²) in [4.78, 5) is 12.2. The van der Waals surface area contributed by atoms with Crippen molar-refractivity contribution in [2.75, 3.05) is 19.7 Å². The van der Waals surface area contributed by atoms with Crippen LogP contribution in [0.3, 0.4) is 0 Å². The number of carbonyl (C=O) groups is 1. The molecule has 1 aliphatic heterocycles. The highest BCUT2D eigenvalue weighted by Gasteiger charge is 2.38. The lowest BCUT2D eigenvalue weighted by Crippen LogP contribution is -2.53. The first kappa shape index (κ1) is 17.8. The number of nitrogens with one attached hydrogen (secondary N) is 2. The fourth-order valence-corrected chi connectivity index (χ4v) is 2.67. The van der Waals surface area contributed by atoms with Crippen LogP contribution in [0, 0.1) is 6.92 Å². The van der Waals surface area contributed by atoms with Gasteiger partial charge in [0, 0.05) is 0 Å². The Morgan fingerprint density at radius 3 is 2.90 bits per heavy atom. The van der Waals surface area contributed by atoms with E-state index in [4.69, 9.17) is 4.74 Å². The summed E-state index contributed by atoms with van der Waals surface area (Å²) in [6.07, 6.45) is 2.83. The molecule has 118 valence electrons. The van der Waals surface area contributed by atoms with Gasteiger partial charge in [-0.15, -0.1) is 12.4 Å². The maximum atomic E-state index is 12.2. The van der Waals surface area contributed by atoms with Gasteiger partial charge < -0.3 is 15.4 Å². The van der Waals surface area contributed by atoms with Crippen LogP contribution in [0.2, 0.25) is 0 Å². The van der Waals surface area contributed by atoms with Crippen LogP contribution in [-0.2, 0) is 4.79 Å². The lowest BCUT2D eigenvalue weighted by molar-refractivity contribution is -0.127. The molecule has 5 heteroatoms. The summed E-state index contributed by atoms with van der Waals surface area (Å²) in [5.41, 5.74) is 0.815. The SMILES string of the molecule is CCC1(C(=O)NCCOc2cccc(C)c2)CCCN1.Cl. The predicted octanol–water partition coefficient (Wildman–Crippen LogP) is 2.44. The van der Waals surface area contributed by atoms with Gasteiger partial charge in [0.25, 0.3) is 0 Å². The van der Waals surface area contributed by atoms with E-state index in [2.05, 4.69) is 17.6 Å². The number of aryl methyl sites for hydroxylation is 1. The molecule has 1 amide bonds. The second kappa shape index (κ2) is 8.25. The van der Waals surface area contributed by atoms with Crippen molar-refractivity contribution in [2.24, 2.45) is 0 Å². The van der Waals surface area contributed by atoms with Crippen molar-refractivity contribution in [1.82, 2.24) is 10.6 Å². The minimum atomic E-state index is -0.358. The zero-order chi connectivity index (χ0) is 14.4. The number of rotatable bonds is 6. The summed E-state index contributed by atoms with van der Waals surface area (Å²) in [5, 5.41) is 6.31. The minimum absolute atomic E-state index is 0. The van der Waals surface area contributed by atoms with Crippen molar-refractivity contribution >= 4 is 18.3 Å². The number of ether oxygens (including phenoxy) is 1. The Labute approximate surface area is 133 Å². The Hall–Kier alpha value is -1.26. The molecular formula is C16H25ClN2O2. The van der Waals surface area contributed by atoms with Gasteiger partial charge in [0.15, 0.2) is 0 Å². The predicted molar refractivity (Wildman–Crippen MR) is 87.2 cm³/mol. The average molecular weight is 313 g/mol. The molecule has 1 fully saturated rings. The van der Waals surface area contributed by atoms with Gasteiger partial charge >= 0.3 is 0 Å². The van der Waals surface area contributed by atoms with E-state index in [1.807, 2.05) is 31.2 Å². The third-order valence-corrected chi connectivity index (χ3v) is 3.93. The molecule has 1 atom stereocenters. The second-order valence-corrected chi connectivity index (χ2v) is 5.39. The Morgan fingerprint density at radius 2 is 2.29 bits per heavy atom. The van der Waals surface area contributed by atoms with Gasteiger partial charge in [-0.3, -0.25) is 4.79 Å². The quantitative estimate of drug-likeness (QED) is 0.793. The number of halogens is 1. The molecule has 0 bridgehead atoms. The molecular weight excluding hydrogens is 288 g/mol. The number of carbonyl (C=O) groups excluding carboxylic acids is 1. The van der Waals surface area contributed by atoms with Crippen molar-refractivity contribution < 1.29 is 9.53 Å². The molecule has 0 spiro atoms. The standard InChI is InChI=1S/C16H24N2O2.ClH/c1-3-16(8-5-9-18-16)15(19)17-10-11-20-14-7-4-6-13(2)12-14;/h4,6-7,12,18H,3,5,8-11H2,1-2H3,(H,17,19);1H. The lowest BCUT2D eigenvalue weighted by Gasteiger charge is -2.26. The van der Waals surface area contributed by atoms with E-state index in [9.17, 15) is 4.79 Å². The molecule has 0 aliphatic carbocycles. The van der Waals surface area contributed by atoms with Gasteiger partial charge in [0.05, 0.1) is 12.1 Å². The molecule has 0 aromatic heterocycles. The van der Waals surface area contributed by atoms with E-state index in [-0.39, 0.29) is 23.9 Å². The molecule has 2 N–H and O–H groups in total. The molecule has 1 aromatic rings. The second-order valence-electron chi connectivity index (χ2n) is 5.39. The molecule has 1 aromatic carbocycles. The molecule has 4 nitrogen and oxygen atoms in total. The highest BCUT2D eigenvalue weighted by molar-refractivity contribution is 5.86. The van der Waals surface area contributed by atoms with Gasteiger partial charge in [-0.2, -0.15) is 0 Å². The normalized spacial score (nSPS) is 20.7. The largest absolute Gasteiger partial charge is 0.492 e. The first-order valence-corrected chi connectivity index (χ1v) is 7.39. The molecule has 1 unspecified atom stereocenters. The van der Waals surface area contributed by atoms with E-state index >= 15 is 0 Å². The summed E-state index contributed by atoms with van der Waals surface area (Å²) in [6.45, 7) is 6.05. The summed E-state index contributed by atoms with van der Waals surface area (Å²) >= 11 is 0. The zero-order valence-electron chi connectivity index (χ0n) is 12.8. The van der Waals surface area contributed by atoms with Crippen LogP contribution in [0.5, 0.6) is 5.75 Å². The van der Waals surface area contributed by atoms with Crippen LogP contribution < -0.4 is 15.4 Å². The third-order valence-electron chi connectivity index (χ3n) is 3.93. The smallest absolute Gasteiger partial charge is 0.240 e. The Morgan fingerprint density at radius 1 is 1.48 bits per heavy atom. The van der Waals surface area contributed by atoms with E-state index in [0.717, 1.165) is 31.6 Å². The monoisotopic (exact) mass is 312 g/mol. The third kappa shape index (κ3) is 4.61. The Balaban J connectivity index is 0.00000220. The van der Waals surface area contributed by atoms with E-state index in [0.29, 0.717) is 13.2 Å². The van der Waals surface area contributed by atoms with Crippen molar-refractivity contribution in [3.63, 3.8) is 0 Å². The van der Waals surface area contributed by atoms with Gasteiger partial charge in [-0.1, -0.05) is 19.1 Å². The number of hydrogen-bond donors (Lipinski definition) is 2. The zero-order valence-corrected chi connectivity index (χ0v) is 13.6. The first-order valence-electron chi connectivity index (χ1n) is 7.39. The number of benzene rings is 1. The highest BCUT2D eigenvalue weighted by Crippen LogP contribution is 2.22. The summed E-state index contributed by atoms with van der Waals surface area (Å²) in [6, 6.07) is 7.93. The van der Waals surface area contributed by atoms with Crippen LogP contribution in [0.1, 0.15) is 31.7 Å². The van der Waals surface area contributed by atoms with Crippen LogP contribution in [0.25, 0.3) is 0 Å². The minimum Gasteiger partial charge on any atom is -0.492 e. The fraction of sp³-hybridized carbons (Fsp3) is 0.562. The van der Waals surface area contributed by atoms with Crippen LogP contribution >= 0.6 is 12.4 Å². The highest BCUT2D eigenvalue weighted by atomic mass is 35.5. The molecule has 1 heterocycles. The summed E-state index contributed by atoms with van der Waals surface area (Å²) < 4.78 is 5.63. The van der Waals surface area contributed by atoms with Crippen molar-refractivity contribution in [3.8, 4) is 5.75 Å². The topological polar surface area (TPSA) is 50.4 Å². The number of hydrogen-bond acceptors (Lipinski definition) is 3. The molecule has 1 saturated heterocycles. The molecule has 21 heavy (non-hydrogen) atoms. The Kier molecular flexibility index (Phi) is 6.99. The molecule has 1 aliphatic rings. The van der Waals surface area contributed by atoms with Crippen LogP contribution in [0.15, 0.2) is 24.3 Å². The van der Waals surface area contributed by atoms with Crippen molar-refractivity contribution in [3.05, 3.63) is 29.8 Å². The molecule has 0 saturated carbocycles. The Bertz CT molecular complexity index is 459. The number of amides is 1. The van der Waals surface area contributed by atoms with Gasteiger partial charge in [0.2, 0.25) is 5.91 Å². The van der Waals surface area contributed by atoms with Crippen LogP contribution in [-0.4, -0.2) is 31.1 Å². The molecule has 2 rings (SSSR count). The molecule has 0 radical (unpaired) electrons. The van der Waals surface area contributed by atoms with Gasteiger partial charge in [-0.25, -0.2) is 0 Å².